The van der Waals surface area contributed by atoms with Crippen LogP contribution >= 0.6 is 0 Å². The number of hydrogen-bond acceptors (Lipinski definition) is 0. The summed E-state index contributed by atoms with van der Waals surface area (Å²) in [5, 5.41) is 0. The minimum absolute atomic E-state index is 1.17. The summed E-state index contributed by atoms with van der Waals surface area (Å²) in [7, 11) is 2.04. The highest BCUT2D eigenvalue weighted by Crippen LogP contribution is 1.93. The van der Waals surface area contributed by atoms with Crippen LogP contribution in [0.25, 0.3) is 6.08 Å². The van der Waals surface area contributed by atoms with Gasteiger partial charge < -0.3 is 0 Å². The minimum atomic E-state index is 1.17. The van der Waals surface area contributed by atoms with Gasteiger partial charge in [0.1, 0.15) is 6.20 Å². The zero-order valence-electron chi connectivity index (χ0n) is 6.68. The molecule has 0 aliphatic heterocycles. The van der Waals surface area contributed by atoms with Crippen molar-refractivity contribution in [3.63, 3.8) is 0 Å². The standard InChI is InChI=1S/C8H12N2/c1-4-5-8-6-9-7(2)10(8)3/h4-6H,1-3H3/p+1/b5-4+. The lowest BCUT2D eigenvalue weighted by atomic mass is 10.4. The van der Waals surface area contributed by atoms with Crippen molar-refractivity contribution >= 4 is 6.08 Å². The number of allylic oxidation sites excluding steroid dienone is 1. The third-order valence-electron chi connectivity index (χ3n) is 1.66. The number of rotatable bonds is 1. The summed E-state index contributed by atoms with van der Waals surface area (Å²) in [5.41, 5.74) is 1.21. The van der Waals surface area contributed by atoms with Gasteiger partial charge in [-0.25, -0.2) is 9.55 Å². The minimum Gasteiger partial charge on any atom is -0.247 e. The summed E-state index contributed by atoms with van der Waals surface area (Å²) < 4.78 is 2.11. The topological polar surface area (TPSA) is 19.7 Å². The molecule has 1 heterocycles. The molecule has 0 unspecified atom stereocenters. The molecule has 0 spiro atoms. The second-order valence-corrected chi connectivity index (χ2v) is 2.36. The first-order chi connectivity index (χ1) is 4.75. The van der Waals surface area contributed by atoms with Crippen molar-refractivity contribution in [3.8, 4) is 0 Å². The fourth-order valence-electron chi connectivity index (χ4n) is 0.896. The Morgan fingerprint density at radius 2 is 2.30 bits per heavy atom. The van der Waals surface area contributed by atoms with Crippen molar-refractivity contribution in [1.82, 2.24) is 4.98 Å². The molecule has 10 heavy (non-hydrogen) atoms. The molecule has 2 heteroatoms. The number of aromatic nitrogens is 2. The molecule has 0 saturated carbocycles. The number of hydrogen-bond donors (Lipinski definition) is 1. The first kappa shape index (κ1) is 7.06. The summed E-state index contributed by atoms with van der Waals surface area (Å²) in [5.74, 6) is 1.17. The molecule has 1 rings (SSSR count). The molecule has 0 aromatic carbocycles. The third-order valence-corrected chi connectivity index (χ3v) is 1.66. The Balaban J connectivity index is 3.05. The van der Waals surface area contributed by atoms with Gasteiger partial charge >= 0.3 is 0 Å². The predicted octanol–water partition coefficient (Wildman–Crippen LogP) is 1.18. The lowest BCUT2D eigenvalue weighted by molar-refractivity contribution is -0.678. The lowest BCUT2D eigenvalue weighted by Crippen LogP contribution is -2.32. The number of imidazole rings is 1. The number of nitrogens with zero attached hydrogens (tertiary/aromatic N) is 1. The fraction of sp³-hybridized carbons (Fsp3) is 0.375. The molecular weight excluding hydrogens is 124 g/mol. The van der Waals surface area contributed by atoms with Gasteiger partial charge in [-0.2, -0.15) is 0 Å². The molecule has 54 valence electrons. The second kappa shape index (κ2) is 2.69. The Bertz CT molecular complexity index is 246. The van der Waals surface area contributed by atoms with Crippen LogP contribution in [-0.2, 0) is 7.05 Å². The first-order valence-corrected chi connectivity index (χ1v) is 3.42. The van der Waals surface area contributed by atoms with Gasteiger partial charge in [0.25, 0.3) is 5.82 Å². The number of aryl methyl sites for hydroxylation is 1. The summed E-state index contributed by atoms with van der Waals surface area (Å²) in [6.07, 6.45) is 6.10. The van der Waals surface area contributed by atoms with E-state index in [4.69, 9.17) is 0 Å². The van der Waals surface area contributed by atoms with Gasteiger partial charge in [0, 0.05) is 6.92 Å². The molecule has 0 fully saturated rings. The van der Waals surface area contributed by atoms with E-state index in [9.17, 15) is 0 Å². The summed E-state index contributed by atoms with van der Waals surface area (Å²) in [4.78, 5) is 3.13. The Morgan fingerprint density at radius 1 is 1.60 bits per heavy atom. The van der Waals surface area contributed by atoms with Crippen molar-refractivity contribution in [2.24, 2.45) is 7.05 Å². The van der Waals surface area contributed by atoms with E-state index in [0.29, 0.717) is 0 Å². The van der Waals surface area contributed by atoms with E-state index in [0.717, 1.165) is 0 Å². The largest absolute Gasteiger partial charge is 0.251 e. The van der Waals surface area contributed by atoms with Crippen LogP contribution in [0.1, 0.15) is 18.4 Å². The molecule has 2 nitrogen and oxygen atoms in total. The molecule has 0 bridgehead atoms. The van der Waals surface area contributed by atoms with Crippen LogP contribution in [0.3, 0.4) is 0 Å². The van der Waals surface area contributed by atoms with Gasteiger partial charge in [0.15, 0.2) is 5.69 Å². The zero-order valence-corrected chi connectivity index (χ0v) is 6.68. The van der Waals surface area contributed by atoms with Gasteiger partial charge in [-0.05, 0) is 13.0 Å². The van der Waals surface area contributed by atoms with Gasteiger partial charge in [0.2, 0.25) is 0 Å². The van der Waals surface area contributed by atoms with Crippen molar-refractivity contribution in [1.29, 1.82) is 0 Å². The first-order valence-electron chi connectivity index (χ1n) is 3.42. The molecule has 0 radical (unpaired) electrons. The van der Waals surface area contributed by atoms with Gasteiger partial charge in [-0.15, -0.1) is 0 Å². The fourth-order valence-corrected chi connectivity index (χ4v) is 0.896. The molecule has 0 atom stereocenters. The highest BCUT2D eigenvalue weighted by atomic mass is 15.0. The maximum atomic E-state index is 3.13. The Labute approximate surface area is 61.2 Å². The zero-order chi connectivity index (χ0) is 7.56. The maximum absolute atomic E-state index is 3.13. The SMILES string of the molecule is C/C=C/c1c[nH]c(C)[n+]1C. The summed E-state index contributed by atoms with van der Waals surface area (Å²) in [6, 6.07) is 0. The number of nitrogens with one attached hydrogen (secondary N) is 1. The van der Waals surface area contributed by atoms with Crippen LogP contribution in [0.2, 0.25) is 0 Å². The van der Waals surface area contributed by atoms with Crippen LogP contribution in [0.4, 0.5) is 0 Å². The predicted molar refractivity (Wildman–Crippen MR) is 41.4 cm³/mol. The molecule has 1 aromatic rings. The van der Waals surface area contributed by atoms with E-state index in [-0.39, 0.29) is 0 Å². The van der Waals surface area contributed by atoms with Crippen LogP contribution in [-0.4, -0.2) is 4.98 Å². The van der Waals surface area contributed by atoms with Gasteiger partial charge in [-0.1, -0.05) is 6.08 Å². The number of aromatic amines is 1. The highest BCUT2D eigenvalue weighted by Gasteiger charge is 2.04. The molecule has 1 aromatic heterocycles. The van der Waals surface area contributed by atoms with Gasteiger partial charge in [-0.3, -0.25) is 0 Å². The summed E-state index contributed by atoms with van der Waals surface area (Å²) >= 11 is 0. The average Bonchev–Trinajstić information content (AvgIpc) is 2.20. The van der Waals surface area contributed by atoms with Crippen LogP contribution in [0.5, 0.6) is 0 Å². The van der Waals surface area contributed by atoms with Crippen molar-refractivity contribution in [2.45, 2.75) is 13.8 Å². The Hall–Kier alpha value is -1.05. The quantitative estimate of drug-likeness (QED) is 0.561. The number of H-pyrrole nitrogens is 1. The van der Waals surface area contributed by atoms with E-state index in [1.54, 1.807) is 0 Å². The Morgan fingerprint density at radius 3 is 2.70 bits per heavy atom. The summed E-state index contributed by atoms with van der Waals surface area (Å²) in [6.45, 7) is 4.06. The molecule has 0 amide bonds. The van der Waals surface area contributed by atoms with Crippen LogP contribution in [0.15, 0.2) is 12.3 Å². The normalized spacial score (nSPS) is 11.1. The van der Waals surface area contributed by atoms with E-state index in [2.05, 4.69) is 15.6 Å². The Kier molecular flexibility index (Phi) is 1.90. The van der Waals surface area contributed by atoms with E-state index >= 15 is 0 Å². The van der Waals surface area contributed by atoms with Crippen molar-refractivity contribution < 1.29 is 4.57 Å². The smallest absolute Gasteiger partial charge is 0.247 e. The molecule has 1 N–H and O–H groups in total. The van der Waals surface area contributed by atoms with E-state index in [1.165, 1.54) is 11.5 Å². The average molecular weight is 137 g/mol. The highest BCUT2D eigenvalue weighted by molar-refractivity contribution is 5.39. The molecular formula is C8H13N2+. The second-order valence-electron chi connectivity index (χ2n) is 2.36. The van der Waals surface area contributed by atoms with Crippen LogP contribution in [0, 0.1) is 6.92 Å². The lowest BCUT2D eigenvalue weighted by Gasteiger charge is -1.86. The van der Waals surface area contributed by atoms with Gasteiger partial charge in [0.05, 0.1) is 7.05 Å². The van der Waals surface area contributed by atoms with Crippen molar-refractivity contribution in [3.05, 3.63) is 23.8 Å². The van der Waals surface area contributed by atoms with Crippen molar-refractivity contribution in [2.75, 3.05) is 0 Å². The maximum Gasteiger partial charge on any atom is 0.251 e. The third kappa shape index (κ3) is 1.10. The molecule has 0 aliphatic rings. The molecule has 0 saturated heterocycles. The monoisotopic (exact) mass is 137 g/mol. The molecule has 0 aliphatic carbocycles. The van der Waals surface area contributed by atoms with E-state index in [1.807, 2.05) is 33.2 Å². The van der Waals surface area contributed by atoms with Crippen LogP contribution < -0.4 is 4.57 Å². The van der Waals surface area contributed by atoms with E-state index < -0.39 is 0 Å².